The Labute approximate surface area is 176 Å². The molecule has 31 heavy (non-hydrogen) atoms. The summed E-state index contributed by atoms with van der Waals surface area (Å²) in [5.74, 6) is -0.608. The zero-order valence-electron chi connectivity index (χ0n) is 17.4. The summed E-state index contributed by atoms with van der Waals surface area (Å²) in [4.78, 5) is 30.7. The number of halogens is 3. The number of alkyl halides is 3. The first kappa shape index (κ1) is 22.4. The smallest absolute Gasteiger partial charge is 0.422 e. The average molecular weight is 437 g/mol. The fraction of sp³-hybridized carbons (Fsp3) is 0.450. The average Bonchev–Trinajstić information content (AvgIpc) is 3.03. The lowest BCUT2D eigenvalue weighted by Gasteiger charge is -2.24. The van der Waals surface area contributed by atoms with E-state index in [1.807, 2.05) is 0 Å². The molecule has 3 rings (SSSR count). The topological polar surface area (TPSA) is 97.3 Å². The highest BCUT2D eigenvalue weighted by Gasteiger charge is 2.35. The van der Waals surface area contributed by atoms with Crippen LogP contribution >= 0.6 is 0 Å². The van der Waals surface area contributed by atoms with E-state index in [9.17, 15) is 22.8 Å². The van der Waals surface area contributed by atoms with Crippen LogP contribution in [0.3, 0.4) is 0 Å². The number of carbonyl (C=O) groups is 2. The van der Waals surface area contributed by atoms with Gasteiger partial charge in [-0.3, -0.25) is 9.59 Å². The molecule has 0 aromatic carbocycles. The second-order valence-electron chi connectivity index (χ2n) is 7.60. The molecule has 0 saturated heterocycles. The number of nitrogens with zero attached hydrogens (tertiary/aromatic N) is 4. The molecule has 1 unspecified atom stereocenters. The second kappa shape index (κ2) is 8.48. The first-order valence-electron chi connectivity index (χ1n) is 9.61. The zero-order chi connectivity index (χ0) is 22.9. The molecule has 0 saturated carbocycles. The Hall–Kier alpha value is -3.24. The van der Waals surface area contributed by atoms with Crippen molar-refractivity contribution in [2.75, 3.05) is 11.9 Å². The highest BCUT2D eigenvalue weighted by atomic mass is 19.4. The van der Waals surface area contributed by atoms with Gasteiger partial charge < -0.3 is 15.0 Å². The monoisotopic (exact) mass is 437 g/mol. The van der Waals surface area contributed by atoms with Crippen molar-refractivity contribution in [3.05, 3.63) is 40.7 Å². The quantitative estimate of drug-likeness (QED) is 0.744. The molecule has 1 aliphatic heterocycles. The van der Waals surface area contributed by atoms with E-state index in [-0.39, 0.29) is 30.2 Å². The van der Waals surface area contributed by atoms with Gasteiger partial charge in [-0.05, 0) is 26.0 Å². The Morgan fingerprint density at radius 1 is 1.29 bits per heavy atom. The van der Waals surface area contributed by atoms with Crippen molar-refractivity contribution in [2.45, 2.75) is 46.5 Å². The van der Waals surface area contributed by atoms with Crippen LogP contribution in [0.4, 0.5) is 19.0 Å². The van der Waals surface area contributed by atoms with Gasteiger partial charge in [0.15, 0.2) is 6.61 Å². The molecule has 2 aromatic rings. The molecule has 11 heteroatoms. The summed E-state index contributed by atoms with van der Waals surface area (Å²) in [5.41, 5.74) is 1.80. The van der Waals surface area contributed by atoms with Gasteiger partial charge in [0.2, 0.25) is 11.8 Å². The normalized spacial score (nSPS) is 14.6. The molecular weight excluding hydrogens is 415 g/mol. The number of fused-ring (bicyclic) bond motifs is 1. The van der Waals surface area contributed by atoms with Gasteiger partial charge in [0.05, 0.1) is 18.3 Å². The highest BCUT2D eigenvalue weighted by Crippen LogP contribution is 2.34. The number of pyridine rings is 1. The van der Waals surface area contributed by atoms with E-state index in [4.69, 9.17) is 0 Å². The number of anilines is 1. The van der Waals surface area contributed by atoms with Crippen molar-refractivity contribution in [1.29, 1.82) is 0 Å². The van der Waals surface area contributed by atoms with Crippen LogP contribution in [0.15, 0.2) is 18.3 Å². The molecule has 0 radical (unpaired) electrons. The van der Waals surface area contributed by atoms with Crippen molar-refractivity contribution in [3.8, 4) is 5.88 Å². The predicted molar refractivity (Wildman–Crippen MR) is 104 cm³/mol. The lowest BCUT2D eigenvalue weighted by molar-refractivity contribution is -0.154. The Morgan fingerprint density at radius 3 is 2.61 bits per heavy atom. The molecule has 3 heterocycles. The van der Waals surface area contributed by atoms with Gasteiger partial charge in [-0.1, -0.05) is 13.8 Å². The van der Waals surface area contributed by atoms with Crippen molar-refractivity contribution in [1.82, 2.24) is 20.1 Å². The summed E-state index contributed by atoms with van der Waals surface area (Å²) in [6, 6.07) is 2.61. The van der Waals surface area contributed by atoms with Crippen molar-refractivity contribution >= 4 is 17.6 Å². The number of aryl methyl sites for hydroxylation is 1. The van der Waals surface area contributed by atoms with Crippen LogP contribution in [0.25, 0.3) is 0 Å². The number of ether oxygens (including phenoxy) is 1. The Bertz CT molecular complexity index is 1010. The second-order valence-corrected chi connectivity index (χ2v) is 7.60. The Morgan fingerprint density at radius 2 is 2.00 bits per heavy atom. The first-order valence-corrected chi connectivity index (χ1v) is 9.61. The number of carbonyl (C=O) groups excluding carboxylic acids is 2. The molecule has 0 spiro atoms. The van der Waals surface area contributed by atoms with E-state index in [2.05, 4.69) is 25.2 Å². The summed E-state index contributed by atoms with van der Waals surface area (Å²) in [6.07, 6.45) is -3.03. The lowest BCUT2D eigenvalue weighted by Crippen LogP contribution is -2.28. The molecule has 0 fully saturated rings. The van der Waals surface area contributed by atoms with Gasteiger partial charge in [-0.15, -0.1) is 10.2 Å². The molecule has 1 aliphatic rings. The number of hydrogen-bond donors (Lipinski definition) is 1. The number of amides is 2. The summed E-state index contributed by atoms with van der Waals surface area (Å²) in [6.45, 7) is 5.53. The molecule has 2 amide bonds. The largest absolute Gasteiger partial charge is 0.467 e. The minimum atomic E-state index is -4.48. The minimum Gasteiger partial charge on any atom is -0.467 e. The molecule has 8 nitrogen and oxygen atoms in total. The summed E-state index contributed by atoms with van der Waals surface area (Å²) < 4.78 is 41.8. The van der Waals surface area contributed by atoms with Gasteiger partial charge in [-0.2, -0.15) is 13.2 Å². The van der Waals surface area contributed by atoms with E-state index in [0.717, 1.165) is 0 Å². The molecule has 0 bridgehead atoms. The van der Waals surface area contributed by atoms with Crippen LogP contribution < -0.4 is 10.1 Å². The van der Waals surface area contributed by atoms with Crippen LogP contribution in [0, 0.1) is 12.8 Å². The van der Waals surface area contributed by atoms with Crippen LogP contribution in [0.2, 0.25) is 0 Å². The predicted octanol–water partition coefficient (Wildman–Crippen LogP) is 3.43. The summed E-state index contributed by atoms with van der Waals surface area (Å²) in [7, 11) is 0. The van der Waals surface area contributed by atoms with Crippen LogP contribution in [-0.4, -0.2) is 44.7 Å². The van der Waals surface area contributed by atoms with Gasteiger partial charge in [0, 0.05) is 28.8 Å². The fourth-order valence-electron chi connectivity index (χ4n) is 3.08. The fourth-order valence-corrected chi connectivity index (χ4v) is 3.08. The lowest BCUT2D eigenvalue weighted by atomic mass is 10.1. The molecule has 2 aromatic heterocycles. The third kappa shape index (κ3) is 4.92. The van der Waals surface area contributed by atoms with Crippen LogP contribution in [0.5, 0.6) is 5.88 Å². The molecular formula is C20H22F3N5O3. The summed E-state index contributed by atoms with van der Waals surface area (Å²) >= 11 is 0. The summed E-state index contributed by atoms with van der Waals surface area (Å²) in [5, 5.41) is 10.4. The Kier molecular flexibility index (Phi) is 6.14. The van der Waals surface area contributed by atoms with E-state index in [1.54, 1.807) is 39.8 Å². The minimum absolute atomic E-state index is 0.198. The molecule has 0 aliphatic carbocycles. The van der Waals surface area contributed by atoms with Crippen molar-refractivity contribution < 1.29 is 27.5 Å². The molecule has 1 atom stereocenters. The molecule has 1 N–H and O–H groups in total. The highest BCUT2D eigenvalue weighted by molar-refractivity contribution is 6.01. The SMILES string of the molecule is Cc1cc(C(C)N2Cc3c(ccnc3NC(=O)C(C)C)C2=O)nnc1OCC(F)(F)F. The Balaban J connectivity index is 1.80. The third-order valence-corrected chi connectivity index (χ3v) is 4.87. The van der Waals surface area contributed by atoms with E-state index in [1.165, 1.54) is 11.1 Å². The number of aromatic nitrogens is 3. The van der Waals surface area contributed by atoms with Crippen LogP contribution in [0.1, 0.15) is 54.0 Å². The van der Waals surface area contributed by atoms with Gasteiger partial charge in [-0.25, -0.2) is 4.98 Å². The maximum atomic E-state index is 12.9. The first-order chi connectivity index (χ1) is 14.5. The van der Waals surface area contributed by atoms with E-state index >= 15 is 0 Å². The van der Waals surface area contributed by atoms with E-state index in [0.29, 0.717) is 28.2 Å². The zero-order valence-corrected chi connectivity index (χ0v) is 17.4. The molecule has 166 valence electrons. The van der Waals surface area contributed by atoms with Crippen molar-refractivity contribution in [2.24, 2.45) is 5.92 Å². The number of nitrogens with one attached hydrogen (secondary N) is 1. The van der Waals surface area contributed by atoms with Gasteiger partial charge in [0.25, 0.3) is 5.91 Å². The third-order valence-electron chi connectivity index (χ3n) is 4.87. The number of hydrogen-bond acceptors (Lipinski definition) is 6. The van der Waals surface area contributed by atoms with E-state index < -0.39 is 18.8 Å². The van der Waals surface area contributed by atoms with Crippen molar-refractivity contribution in [3.63, 3.8) is 0 Å². The maximum absolute atomic E-state index is 12.9. The van der Waals surface area contributed by atoms with Gasteiger partial charge in [0.1, 0.15) is 5.82 Å². The van der Waals surface area contributed by atoms with Crippen LogP contribution in [-0.2, 0) is 11.3 Å². The standard InChI is InChI=1S/C20H22F3N5O3/c1-10(2)17(29)25-16-14-8-28(19(30)13(14)5-6-24-16)12(4)15-7-11(3)18(27-26-15)31-9-20(21,22)23/h5-7,10,12H,8-9H2,1-4H3,(H,24,25,29). The number of rotatable bonds is 6. The maximum Gasteiger partial charge on any atom is 0.422 e. The van der Waals surface area contributed by atoms with Gasteiger partial charge >= 0.3 is 6.18 Å².